The molecule has 3 atom stereocenters. The van der Waals surface area contributed by atoms with Crippen LogP contribution in [0, 0.1) is 0 Å². The Kier molecular flexibility index (Phi) is 12.6. The van der Waals surface area contributed by atoms with Crippen molar-refractivity contribution >= 4 is 6.09 Å². The van der Waals surface area contributed by atoms with Gasteiger partial charge in [0.15, 0.2) is 0 Å². The lowest BCUT2D eigenvalue weighted by Crippen LogP contribution is -2.47. The van der Waals surface area contributed by atoms with Gasteiger partial charge < -0.3 is 15.8 Å². The van der Waals surface area contributed by atoms with Crippen molar-refractivity contribution in [2.45, 2.75) is 71.1 Å². The number of hydrogen-bond donors (Lipinski definition) is 2. The molecular weight excluding hydrogens is 300 g/mol. The highest BCUT2D eigenvalue weighted by molar-refractivity contribution is 5.68. The number of carbonyl (C=O) groups excluding carboxylic acids is 1. The molecule has 0 aliphatic carbocycles. The predicted octanol–water partition coefficient (Wildman–Crippen LogP) is 4.64. The molecule has 0 radical (unpaired) electrons. The van der Waals surface area contributed by atoms with Gasteiger partial charge >= 0.3 is 6.09 Å². The Bertz CT molecular complexity index is 441. The average Bonchev–Trinajstić information content (AvgIpc) is 2.56. The normalized spacial score (nSPS) is 15.6. The fraction of sp³-hybridized carbons (Fsp3) is 0.550. The minimum absolute atomic E-state index is 0.170. The van der Waals surface area contributed by atoms with Crippen LogP contribution in [0.2, 0.25) is 0 Å². The molecule has 0 spiro atoms. The second-order valence-corrected chi connectivity index (χ2v) is 5.93. The molecule has 136 valence electrons. The van der Waals surface area contributed by atoms with Crippen molar-refractivity contribution in [1.82, 2.24) is 5.32 Å². The van der Waals surface area contributed by atoms with Crippen molar-refractivity contribution in [3.8, 4) is 0 Å². The van der Waals surface area contributed by atoms with E-state index in [1.165, 1.54) is 0 Å². The highest BCUT2D eigenvalue weighted by atomic mass is 16.6. The van der Waals surface area contributed by atoms with E-state index in [9.17, 15) is 4.79 Å². The second-order valence-electron chi connectivity index (χ2n) is 5.93. The smallest absolute Gasteiger partial charge is 0.408 e. The lowest BCUT2D eigenvalue weighted by atomic mass is 10.0. The van der Waals surface area contributed by atoms with Crippen molar-refractivity contribution in [2.24, 2.45) is 5.73 Å². The molecule has 0 rings (SSSR count). The summed E-state index contributed by atoms with van der Waals surface area (Å²) in [4.78, 5) is 12.1. The molecule has 0 aromatic carbocycles. The first-order valence-electron chi connectivity index (χ1n) is 8.75. The molecule has 0 heterocycles. The zero-order chi connectivity index (χ0) is 18.4. The lowest BCUT2D eigenvalue weighted by Gasteiger charge is -2.24. The minimum atomic E-state index is -0.444. The SMILES string of the molecule is C=CCCCCC(NC(=O)OC(C)/C(C)=C\C=C/CC)C(N)C=C. The fourth-order valence-electron chi connectivity index (χ4n) is 2.11. The Morgan fingerprint density at radius 1 is 1.33 bits per heavy atom. The Labute approximate surface area is 147 Å². The van der Waals surface area contributed by atoms with Crippen LogP contribution in [0.15, 0.2) is 49.1 Å². The summed E-state index contributed by atoms with van der Waals surface area (Å²) in [6, 6.07) is -0.461. The monoisotopic (exact) mass is 334 g/mol. The second kappa shape index (κ2) is 13.6. The summed E-state index contributed by atoms with van der Waals surface area (Å²) in [5.41, 5.74) is 7.01. The highest BCUT2D eigenvalue weighted by Crippen LogP contribution is 2.10. The molecule has 0 bridgehead atoms. The molecule has 0 aliphatic rings. The van der Waals surface area contributed by atoms with Crippen LogP contribution in [0.4, 0.5) is 4.79 Å². The molecular formula is C20H34N2O2. The van der Waals surface area contributed by atoms with E-state index in [4.69, 9.17) is 10.5 Å². The summed E-state index contributed by atoms with van der Waals surface area (Å²) >= 11 is 0. The maximum absolute atomic E-state index is 12.1. The van der Waals surface area contributed by atoms with Crippen molar-refractivity contribution in [3.63, 3.8) is 0 Å². The van der Waals surface area contributed by atoms with Crippen LogP contribution in [0.3, 0.4) is 0 Å². The molecule has 0 aliphatic heterocycles. The molecule has 3 unspecified atom stereocenters. The highest BCUT2D eigenvalue weighted by Gasteiger charge is 2.19. The summed E-state index contributed by atoms with van der Waals surface area (Å²) in [5.74, 6) is 0. The largest absolute Gasteiger partial charge is 0.442 e. The topological polar surface area (TPSA) is 64.3 Å². The van der Waals surface area contributed by atoms with Crippen LogP contribution in [0.5, 0.6) is 0 Å². The maximum atomic E-state index is 12.1. The summed E-state index contributed by atoms with van der Waals surface area (Å²) < 4.78 is 5.44. The van der Waals surface area contributed by atoms with Crippen LogP contribution in [0.1, 0.15) is 52.9 Å². The number of nitrogens with two attached hydrogens (primary N) is 1. The number of ether oxygens (including phenoxy) is 1. The van der Waals surface area contributed by atoms with E-state index in [0.717, 1.165) is 37.7 Å². The van der Waals surface area contributed by atoms with Crippen LogP contribution >= 0.6 is 0 Å². The van der Waals surface area contributed by atoms with Crippen molar-refractivity contribution in [3.05, 3.63) is 49.1 Å². The van der Waals surface area contributed by atoms with E-state index < -0.39 is 6.09 Å². The van der Waals surface area contributed by atoms with E-state index in [0.29, 0.717) is 0 Å². The predicted molar refractivity (Wildman–Crippen MR) is 103 cm³/mol. The van der Waals surface area contributed by atoms with E-state index in [2.05, 4.69) is 31.5 Å². The number of amides is 1. The quantitative estimate of drug-likeness (QED) is 0.310. The summed E-state index contributed by atoms with van der Waals surface area (Å²) in [6.45, 7) is 13.3. The zero-order valence-electron chi connectivity index (χ0n) is 15.5. The lowest BCUT2D eigenvalue weighted by molar-refractivity contribution is 0.117. The van der Waals surface area contributed by atoms with E-state index in [1.807, 2.05) is 32.1 Å². The van der Waals surface area contributed by atoms with Gasteiger partial charge in [-0.2, -0.15) is 0 Å². The van der Waals surface area contributed by atoms with Crippen molar-refractivity contribution in [1.29, 1.82) is 0 Å². The van der Waals surface area contributed by atoms with Gasteiger partial charge in [0.05, 0.1) is 6.04 Å². The molecule has 0 saturated heterocycles. The molecule has 3 N–H and O–H groups in total. The zero-order valence-corrected chi connectivity index (χ0v) is 15.5. The first-order valence-corrected chi connectivity index (χ1v) is 8.75. The van der Waals surface area contributed by atoms with Gasteiger partial charge in [-0.25, -0.2) is 4.79 Å². The molecule has 1 amide bonds. The Balaban J connectivity index is 4.53. The number of nitrogens with one attached hydrogen (secondary N) is 1. The molecule has 0 aromatic heterocycles. The number of hydrogen-bond acceptors (Lipinski definition) is 3. The minimum Gasteiger partial charge on any atom is -0.442 e. The Morgan fingerprint density at radius 2 is 2.04 bits per heavy atom. The van der Waals surface area contributed by atoms with Crippen molar-refractivity contribution in [2.75, 3.05) is 0 Å². The van der Waals surface area contributed by atoms with Gasteiger partial charge in [0, 0.05) is 6.04 Å². The average molecular weight is 335 g/mol. The molecule has 24 heavy (non-hydrogen) atoms. The first kappa shape index (κ1) is 22.2. The number of unbranched alkanes of at least 4 members (excludes halogenated alkanes) is 2. The fourth-order valence-corrected chi connectivity index (χ4v) is 2.11. The molecule has 0 saturated carbocycles. The van der Waals surface area contributed by atoms with Crippen molar-refractivity contribution < 1.29 is 9.53 Å². The first-order chi connectivity index (χ1) is 11.5. The van der Waals surface area contributed by atoms with E-state index >= 15 is 0 Å². The molecule has 0 aromatic rings. The van der Waals surface area contributed by atoms with Gasteiger partial charge in [-0.3, -0.25) is 0 Å². The van der Waals surface area contributed by atoms with Crippen LogP contribution in [0.25, 0.3) is 0 Å². The number of carbonyl (C=O) groups is 1. The molecule has 4 heteroatoms. The third-order valence-electron chi connectivity index (χ3n) is 3.87. The molecule has 0 fully saturated rings. The third-order valence-corrected chi connectivity index (χ3v) is 3.87. The summed E-state index contributed by atoms with van der Waals surface area (Å²) in [5, 5.41) is 2.87. The Hall–Kier alpha value is -1.81. The van der Waals surface area contributed by atoms with Gasteiger partial charge in [-0.15, -0.1) is 13.2 Å². The summed E-state index contributed by atoms with van der Waals surface area (Å²) in [6.07, 6.45) is 13.5. The van der Waals surface area contributed by atoms with Gasteiger partial charge in [0.2, 0.25) is 0 Å². The maximum Gasteiger partial charge on any atom is 0.408 e. The van der Waals surface area contributed by atoms with Gasteiger partial charge in [0.25, 0.3) is 0 Å². The number of allylic oxidation sites excluding steroid dienone is 4. The van der Waals surface area contributed by atoms with Crippen LogP contribution < -0.4 is 11.1 Å². The third kappa shape index (κ3) is 10.1. The summed E-state index contributed by atoms with van der Waals surface area (Å²) in [7, 11) is 0. The molecule has 4 nitrogen and oxygen atoms in total. The van der Waals surface area contributed by atoms with E-state index in [1.54, 1.807) is 6.08 Å². The van der Waals surface area contributed by atoms with Gasteiger partial charge in [-0.05, 0) is 45.1 Å². The van der Waals surface area contributed by atoms with Crippen LogP contribution in [-0.2, 0) is 4.74 Å². The van der Waals surface area contributed by atoms with Gasteiger partial charge in [0.1, 0.15) is 6.10 Å². The number of rotatable bonds is 12. The number of alkyl carbamates (subject to hydrolysis) is 1. The van der Waals surface area contributed by atoms with E-state index in [-0.39, 0.29) is 18.2 Å². The van der Waals surface area contributed by atoms with Crippen LogP contribution in [-0.4, -0.2) is 24.3 Å². The van der Waals surface area contributed by atoms with Gasteiger partial charge in [-0.1, -0.05) is 43.7 Å². The Morgan fingerprint density at radius 3 is 2.62 bits per heavy atom. The standard InChI is InChI=1S/C20H34N2O2/c1-6-9-11-13-15-19(18(21)8-3)22-20(23)24-17(5)16(4)14-12-10-7-2/h6,8,10,12,14,17-19H,1,3,7,9,11,13,15,21H2,2,4-5H3,(H,22,23)/b12-10-,16-14-.